The van der Waals surface area contributed by atoms with E-state index in [9.17, 15) is 9.59 Å². The molecule has 7 heteroatoms. The largest absolute Gasteiger partial charge is 0.508 e. The molecule has 0 spiro atoms. The van der Waals surface area contributed by atoms with Gasteiger partial charge in [-0.15, -0.1) is 0 Å². The van der Waals surface area contributed by atoms with Crippen LogP contribution in [0.1, 0.15) is 20.7 Å². The van der Waals surface area contributed by atoms with Crippen molar-refractivity contribution >= 4 is 23.3 Å². The van der Waals surface area contributed by atoms with Gasteiger partial charge in [0.25, 0.3) is 0 Å². The highest BCUT2D eigenvalue weighted by molar-refractivity contribution is 5.95. The molecule has 3 N–H and O–H groups in total. The smallest absolute Gasteiger partial charge is 0.335 e. The van der Waals surface area contributed by atoms with Crippen LogP contribution in [0.3, 0.4) is 0 Å². The maximum atomic E-state index is 10.9. The van der Waals surface area contributed by atoms with Crippen LogP contribution < -0.4 is 0 Å². The summed E-state index contributed by atoms with van der Waals surface area (Å²) in [5.41, 5.74) is 0.176. The molecule has 0 bridgehead atoms. The molecule has 0 atom stereocenters. The quantitative estimate of drug-likeness (QED) is 0.745. The van der Waals surface area contributed by atoms with Gasteiger partial charge in [-0.2, -0.15) is 10.2 Å². The van der Waals surface area contributed by atoms with Gasteiger partial charge in [0.15, 0.2) is 0 Å². The second-order valence-corrected chi connectivity index (χ2v) is 4.10. The Morgan fingerprint density at radius 1 is 0.762 bits per heavy atom. The third-order valence-electron chi connectivity index (χ3n) is 2.54. The molecule has 0 aliphatic heterocycles. The summed E-state index contributed by atoms with van der Waals surface area (Å²) in [6, 6.07) is 9.35. The Kier molecular flexibility index (Phi) is 3.94. The Morgan fingerprint density at radius 2 is 1.24 bits per heavy atom. The summed E-state index contributed by atoms with van der Waals surface area (Å²) in [6.45, 7) is 0. The summed E-state index contributed by atoms with van der Waals surface area (Å²) >= 11 is 0. The zero-order chi connectivity index (χ0) is 15.4. The summed E-state index contributed by atoms with van der Waals surface area (Å²) in [5, 5.41) is 34.7. The number of hydrogen-bond acceptors (Lipinski definition) is 5. The summed E-state index contributed by atoms with van der Waals surface area (Å²) in [5.74, 6) is -2.42. The summed E-state index contributed by atoms with van der Waals surface area (Å²) in [6.07, 6.45) is 0. The van der Waals surface area contributed by atoms with E-state index in [0.717, 1.165) is 6.07 Å². The van der Waals surface area contributed by atoms with Crippen LogP contribution in [0, 0.1) is 0 Å². The van der Waals surface area contributed by atoms with Crippen LogP contribution in [0.25, 0.3) is 0 Å². The number of carboxylic acid groups (broad SMARTS) is 2. The molecule has 0 aromatic heterocycles. The predicted molar refractivity (Wildman–Crippen MR) is 72.6 cm³/mol. The molecule has 0 amide bonds. The Bertz CT molecular complexity index is 690. The minimum absolute atomic E-state index is 0.0787. The lowest BCUT2D eigenvalue weighted by atomic mass is 10.1. The summed E-state index contributed by atoms with van der Waals surface area (Å²) in [7, 11) is 0. The third kappa shape index (κ3) is 3.63. The molecule has 0 fully saturated rings. The van der Waals surface area contributed by atoms with Gasteiger partial charge < -0.3 is 15.3 Å². The van der Waals surface area contributed by atoms with Crippen LogP contribution in [0.4, 0.5) is 11.4 Å². The molecule has 2 aromatic rings. The average Bonchev–Trinajstić information content (AvgIpc) is 2.46. The van der Waals surface area contributed by atoms with Crippen molar-refractivity contribution in [2.24, 2.45) is 10.2 Å². The number of azo groups is 1. The number of benzene rings is 2. The monoisotopic (exact) mass is 286 g/mol. The zero-order valence-electron chi connectivity index (χ0n) is 10.6. The lowest BCUT2D eigenvalue weighted by molar-refractivity contribution is 0.0696. The molecule has 2 aromatic carbocycles. The lowest BCUT2D eigenvalue weighted by Gasteiger charge is -2.00. The molecule has 106 valence electrons. The van der Waals surface area contributed by atoms with Crippen LogP contribution in [-0.4, -0.2) is 27.3 Å². The highest BCUT2D eigenvalue weighted by Crippen LogP contribution is 2.23. The van der Waals surface area contributed by atoms with Gasteiger partial charge in [0.05, 0.1) is 22.5 Å². The number of nitrogens with zero attached hydrogens (tertiary/aromatic N) is 2. The topological polar surface area (TPSA) is 120 Å². The fourth-order valence-electron chi connectivity index (χ4n) is 1.55. The number of phenols is 1. The van der Waals surface area contributed by atoms with E-state index in [4.69, 9.17) is 15.3 Å². The molecule has 2 rings (SSSR count). The third-order valence-corrected chi connectivity index (χ3v) is 2.54. The van der Waals surface area contributed by atoms with E-state index < -0.39 is 11.9 Å². The highest BCUT2D eigenvalue weighted by atomic mass is 16.4. The van der Waals surface area contributed by atoms with Gasteiger partial charge in [-0.1, -0.05) is 0 Å². The van der Waals surface area contributed by atoms with Crippen molar-refractivity contribution in [1.29, 1.82) is 0 Å². The maximum absolute atomic E-state index is 10.9. The number of aromatic hydroxyl groups is 1. The summed E-state index contributed by atoms with van der Waals surface area (Å²) in [4.78, 5) is 21.9. The van der Waals surface area contributed by atoms with Crippen molar-refractivity contribution in [2.75, 3.05) is 0 Å². The van der Waals surface area contributed by atoms with Gasteiger partial charge in [0.2, 0.25) is 0 Å². The molecule has 0 unspecified atom stereocenters. The van der Waals surface area contributed by atoms with Crippen LogP contribution in [0.15, 0.2) is 52.7 Å². The van der Waals surface area contributed by atoms with Crippen LogP contribution in [0.2, 0.25) is 0 Å². The van der Waals surface area contributed by atoms with E-state index in [0.29, 0.717) is 5.69 Å². The van der Waals surface area contributed by atoms with Gasteiger partial charge in [-0.05, 0) is 42.5 Å². The number of carboxylic acids is 2. The molecule has 0 saturated heterocycles. The molecule has 0 radical (unpaired) electrons. The normalized spacial score (nSPS) is 10.7. The van der Waals surface area contributed by atoms with E-state index in [1.165, 1.54) is 36.4 Å². The number of phenolic OH excluding ortho intramolecular Hbond substituents is 1. The first-order valence-electron chi connectivity index (χ1n) is 5.78. The standard InChI is InChI=1S/C14H10N2O5/c17-12-3-1-10(2-4-12)15-16-11-6-8(13(18)19)5-9(7-11)14(20)21/h1-7,17H,(H,18,19)(H,20,21). The van der Waals surface area contributed by atoms with Crippen LogP contribution >= 0.6 is 0 Å². The molecular weight excluding hydrogens is 276 g/mol. The zero-order valence-corrected chi connectivity index (χ0v) is 10.6. The molecule has 0 aliphatic rings. The lowest BCUT2D eigenvalue weighted by Crippen LogP contribution is -2.01. The van der Waals surface area contributed by atoms with Crippen molar-refractivity contribution < 1.29 is 24.9 Å². The second-order valence-electron chi connectivity index (χ2n) is 4.10. The molecule has 0 heterocycles. The molecule has 7 nitrogen and oxygen atoms in total. The first kappa shape index (κ1) is 14.2. The maximum Gasteiger partial charge on any atom is 0.335 e. The van der Waals surface area contributed by atoms with Gasteiger partial charge in [-0.25, -0.2) is 9.59 Å². The van der Waals surface area contributed by atoms with Crippen molar-refractivity contribution in [3.05, 3.63) is 53.6 Å². The minimum atomic E-state index is -1.25. The number of aromatic carboxylic acids is 2. The average molecular weight is 286 g/mol. The number of carbonyl (C=O) groups is 2. The van der Waals surface area contributed by atoms with Gasteiger partial charge in [0.1, 0.15) is 5.75 Å². The van der Waals surface area contributed by atoms with Crippen LogP contribution in [0.5, 0.6) is 5.75 Å². The van der Waals surface area contributed by atoms with E-state index in [-0.39, 0.29) is 22.6 Å². The number of rotatable bonds is 4. The number of hydrogen-bond donors (Lipinski definition) is 3. The minimum Gasteiger partial charge on any atom is -0.508 e. The van der Waals surface area contributed by atoms with Crippen molar-refractivity contribution in [3.8, 4) is 5.75 Å². The first-order valence-corrected chi connectivity index (χ1v) is 5.78. The Labute approximate surface area is 118 Å². The van der Waals surface area contributed by atoms with E-state index in [2.05, 4.69) is 10.2 Å². The second kappa shape index (κ2) is 5.83. The Hall–Kier alpha value is -3.22. The van der Waals surface area contributed by atoms with Gasteiger partial charge in [0, 0.05) is 0 Å². The molecule has 21 heavy (non-hydrogen) atoms. The molecule has 0 aliphatic carbocycles. The highest BCUT2D eigenvalue weighted by Gasteiger charge is 2.11. The molecular formula is C14H10N2O5. The van der Waals surface area contributed by atoms with Crippen molar-refractivity contribution in [1.82, 2.24) is 0 Å². The SMILES string of the molecule is O=C(O)c1cc(N=Nc2ccc(O)cc2)cc(C(=O)O)c1. The van der Waals surface area contributed by atoms with E-state index in [1.54, 1.807) is 0 Å². The van der Waals surface area contributed by atoms with Crippen LogP contribution in [-0.2, 0) is 0 Å². The van der Waals surface area contributed by atoms with Crippen molar-refractivity contribution in [3.63, 3.8) is 0 Å². The molecule has 0 saturated carbocycles. The van der Waals surface area contributed by atoms with Gasteiger partial charge in [-0.3, -0.25) is 0 Å². The first-order chi connectivity index (χ1) is 9.95. The van der Waals surface area contributed by atoms with E-state index >= 15 is 0 Å². The summed E-state index contributed by atoms with van der Waals surface area (Å²) < 4.78 is 0. The van der Waals surface area contributed by atoms with Gasteiger partial charge >= 0.3 is 11.9 Å². The van der Waals surface area contributed by atoms with E-state index in [1.807, 2.05) is 0 Å². The fraction of sp³-hybridized carbons (Fsp3) is 0. The predicted octanol–water partition coefficient (Wildman–Crippen LogP) is 3.20. The fourth-order valence-corrected chi connectivity index (χ4v) is 1.55. The van der Waals surface area contributed by atoms with Crippen molar-refractivity contribution in [2.45, 2.75) is 0 Å². The Morgan fingerprint density at radius 3 is 1.71 bits per heavy atom. The Balaban J connectivity index is 2.36.